The topological polar surface area (TPSA) is 62.9 Å². The van der Waals surface area contributed by atoms with E-state index in [-0.39, 0.29) is 5.92 Å². The van der Waals surface area contributed by atoms with Crippen molar-refractivity contribution in [3.8, 4) is 17.1 Å². The van der Waals surface area contributed by atoms with Crippen LogP contribution in [0.5, 0.6) is 5.75 Å². The average Bonchev–Trinajstić information content (AvgIpc) is 3.28. The summed E-state index contributed by atoms with van der Waals surface area (Å²) in [5.74, 6) is 0.663. The second-order valence-corrected chi connectivity index (χ2v) is 8.18. The number of carbonyl (C=O) groups is 1. The van der Waals surface area contributed by atoms with E-state index < -0.39 is 5.97 Å². The number of carboxylic acids is 1. The first-order valence-electron chi connectivity index (χ1n) is 11.0. The van der Waals surface area contributed by atoms with Gasteiger partial charge in [0.05, 0.1) is 24.4 Å². The van der Waals surface area contributed by atoms with Gasteiger partial charge in [-0.2, -0.15) is 0 Å². The van der Waals surface area contributed by atoms with Crippen molar-refractivity contribution in [2.24, 2.45) is 5.92 Å². The number of likely N-dealkylation sites (tertiary alicyclic amines) is 1. The normalized spacial score (nSPS) is 14.3. The van der Waals surface area contributed by atoms with Gasteiger partial charge >= 0.3 is 5.97 Å². The highest BCUT2D eigenvalue weighted by atomic mass is 16.5. The number of aliphatic carboxylic acids is 1. The molecule has 2 aromatic carbocycles. The molecule has 0 spiro atoms. The number of furan rings is 1. The van der Waals surface area contributed by atoms with Crippen LogP contribution in [0.1, 0.15) is 30.4 Å². The molecule has 0 saturated carbocycles. The number of carboxylic acid groups (broad SMARTS) is 1. The predicted molar refractivity (Wildman–Crippen MR) is 120 cm³/mol. The van der Waals surface area contributed by atoms with Crippen molar-refractivity contribution in [1.29, 1.82) is 0 Å². The molecule has 0 radical (unpaired) electrons. The maximum Gasteiger partial charge on any atom is 0.309 e. The number of nitrogens with zero attached hydrogens (tertiary/aromatic N) is 1. The quantitative estimate of drug-likeness (QED) is 0.430. The third kappa shape index (κ3) is 5.76. The van der Waals surface area contributed by atoms with Crippen molar-refractivity contribution < 1.29 is 19.1 Å². The smallest absolute Gasteiger partial charge is 0.309 e. The Morgan fingerprint density at radius 2 is 1.84 bits per heavy atom. The van der Waals surface area contributed by atoms with E-state index in [0.717, 1.165) is 54.9 Å². The highest BCUT2D eigenvalue weighted by Crippen LogP contribution is 2.32. The van der Waals surface area contributed by atoms with Crippen molar-refractivity contribution >= 4 is 5.97 Å². The minimum Gasteiger partial charge on any atom is -0.493 e. The number of aryl methyl sites for hydroxylation is 1. The molecule has 162 valence electrons. The second-order valence-electron chi connectivity index (χ2n) is 8.18. The summed E-state index contributed by atoms with van der Waals surface area (Å²) in [7, 11) is 0. The van der Waals surface area contributed by atoms with Gasteiger partial charge in [0.1, 0.15) is 11.5 Å². The summed E-state index contributed by atoms with van der Waals surface area (Å²) in [4.78, 5) is 13.2. The van der Waals surface area contributed by atoms with Crippen LogP contribution in [-0.2, 0) is 17.8 Å². The molecule has 0 atom stereocenters. The van der Waals surface area contributed by atoms with Crippen LogP contribution in [0.25, 0.3) is 11.3 Å². The van der Waals surface area contributed by atoms with Crippen LogP contribution in [0, 0.1) is 5.92 Å². The summed E-state index contributed by atoms with van der Waals surface area (Å²) in [5, 5.41) is 9.06. The highest BCUT2D eigenvalue weighted by molar-refractivity contribution is 5.71. The van der Waals surface area contributed by atoms with Crippen LogP contribution in [0.4, 0.5) is 0 Å². The first-order chi connectivity index (χ1) is 15.2. The zero-order valence-corrected chi connectivity index (χ0v) is 17.7. The lowest BCUT2D eigenvalue weighted by Crippen LogP contribution is -2.49. The van der Waals surface area contributed by atoms with Crippen molar-refractivity contribution in [3.63, 3.8) is 0 Å². The van der Waals surface area contributed by atoms with Crippen LogP contribution in [0.2, 0.25) is 0 Å². The largest absolute Gasteiger partial charge is 0.493 e. The molecule has 3 aromatic rings. The van der Waals surface area contributed by atoms with Gasteiger partial charge in [0.15, 0.2) is 0 Å². The van der Waals surface area contributed by atoms with Crippen molar-refractivity contribution in [2.75, 3.05) is 19.7 Å². The van der Waals surface area contributed by atoms with Gasteiger partial charge in [0.2, 0.25) is 0 Å². The van der Waals surface area contributed by atoms with Gasteiger partial charge in [0, 0.05) is 19.6 Å². The number of unbranched alkanes of at least 4 members (excludes halogenated alkanes) is 2. The van der Waals surface area contributed by atoms with Crippen LogP contribution in [0.3, 0.4) is 0 Å². The van der Waals surface area contributed by atoms with Gasteiger partial charge in [-0.3, -0.25) is 9.69 Å². The van der Waals surface area contributed by atoms with Gasteiger partial charge in [-0.15, -0.1) is 0 Å². The first kappa shape index (κ1) is 21.2. The fourth-order valence-electron chi connectivity index (χ4n) is 3.97. The fraction of sp³-hybridized carbons (Fsp3) is 0.346. The van der Waals surface area contributed by atoms with Crippen molar-refractivity contribution in [1.82, 2.24) is 4.90 Å². The molecule has 5 nitrogen and oxygen atoms in total. The van der Waals surface area contributed by atoms with Crippen molar-refractivity contribution in [3.05, 3.63) is 78.1 Å². The molecule has 5 heteroatoms. The zero-order chi connectivity index (χ0) is 21.5. The molecular weight excluding hydrogens is 390 g/mol. The minimum atomic E-state index is -0.708. The molecule has 31 heavy (non-hydrogen) atoms. The Balaban J connectivity index is 1.30. The SMILES string of the molecule is O=C(O)C1CN(Cc2ccc(OCCCCCc3ccccc3)c(-c3ccco3)c2)C1. The maximum absolute atomic E-state index is 11.0. The van der Waals surface area contributed by atoms with Gasteiger partial charge in [-0.25, -0.2) is 0 Å². The fourth-order valence-corrected chi connectivity index (χ4v) is 3.97. The lowest BCUT2D eigenvalue weighted by Gasteiger charge is -2.36. The van der Waals surface area contributed by atoms with E-state index in [2.05, 4.69) is 47.4 Å². The molecule has 0 amide bonds. The van der Waals surface area contributed by atoms with Gasteiger partial charge in [0.25, 0.3) is 0 Å². The second kappa shape index (κ2) is 10.3. The van der Waals surface area contributed by atoms with Gasteiger partial charge in [-0.05, 0) is 61.1 Å². The van der Waals surface area contributed by atoms with Crippen molar-refractivity contribution in [2.45, 2.75) is 32.2 Å². The van der Waals surface area contributed by atoms with Crippen LogP contribution < -0.4 is 4.74 Å². The van der Waals surface area contributed by atoms with Gasteiger partial charge < -0.3 is 14.3 Å². The molecule has 4 rings (SSSR count). The molecule has 1 aromatic heterocycles. The summed E-state index contributed by atoms with van der Waals surface area (Å²) < 4.78 is 11.7. The lowest BCUT2D eigenvalue weighted by molar-refractivity contribution is -0.147. The Bertz CT molecular complexity index is 962. The summed E-state index contributed by atoms with van der Waals surface area (Å²) in [6.45, 7) is 2.62. The number of rotatable bonds is 11. The highest BCUT2D eigenvalue weighted by Gasteiger charge is 2.32. The van der Waals surface area contributed by atoms with Crippen LogP contribution >= 0.6 is 0 Å². The van der Waals surface area contributed by atoms with E-state index in [4.69, 9.17) is 14.3 Å². The van der Waals surface area contributed by atoms with Crippen LogP contribution in [0.15, 0.2) is 71.3 Å². The summed E-state index contributed by atoms with van der Waals surface area (Å²) >= 11 is 0. The molecular formula is C26H29NO4. The van der Waals surface area contributed by atoms with E-state index in [9.17, 15) is 4.79 Å². The number of hydrogen-bond donors (Lipinski definition) is 1. The molecule has 0 unspecified atom stereocenters. The van der Waals surface area contributed by atoms with E-state index in [0.29, 0.717) is 19.7 Å². The molecule has 2 heterocycles. The third-order valence-corrected chi connectivity index (χ3v) is 5.75. The first-order valence-corrected chi connectivity index (χ1v) is 11.0. The molecule has 1 saturated heterocycles. The monoisotopic (exact) mass is 419 g/mol. The third-order valence-electron chi connectivity index (χ3n) is 5.75. The summed E-state index contributed by atoms with van der Waals surface area (Å²) in [5.41, 5.74) is 3.46. The summed E-state index contributed by atoms with van der Waals surface area (Å²) in [6, 6.07) is 20.6. The molecule has 1 fully saturated rings. The van der Waals surface area contributed by atoms with Gasteiger partial charge in [-0.1, -0.05) is 36.4 Å². The Kier molecular flexibility index (Phi) is 7.05. The Morgan fingerprint density at radius 3 is 2.58 bits per heavy atom. The predicted octanol–water partition coefficient (Wildman–Crippen LogP) is 5.25. The minimum absolute atomic E-state index is 0.242. The Labute approximate surface area is 183 Å². The van der Waals surface area contributed by atoms with E-state index >= 15 is 0 Å². The number of benzene rings is 2. The van der Waals surface area contributed by atoms with E-state index in [1.807, 2.05) is 18.2 Å². The molecule has 1 N–H and O–H groups in total. The molecule has 0 aliphatic carbocycles. The van der Waals surface area contributed by atoms with E-state index in [1.165, 1.54) is 5.56 Å². The Hall–Kier alpha value is -3.05. The number of ether oxygens (including phenoxy) is 1. The standard InChI is InChI=1S/C26H29NO4/c28-26(29)22-18-27(19-22)17-21-12-13-25(23(16-21)24-11-7-15-31-24)30-14-6-2-5-10-20-8-3-1-4-9-20/h1,3-4,7-9,11-13,15-16,22H,2,5-6,10,14,17-19H2,(H,28,29). The zero-order valence-electron chi connectivity index (χ0n) is 17.7. The summed E-state index contributed by atoms with van der Waals surface area (Å²) in [6.07, 6.45) is 6.07. The molecule has 0 bridgehead atoms. The molecule has 1 aliphatic rings. The molecule has 1 aliphatic heterocycles. The van der Waals surface area contributed by atoms with E-state index in [1.54, 1.807) is 6.26 Å². The van der Waals surface area contributed by atoms with Crippen LogP contribution in [-0.4, -0.2) is 35.7 Å². The maximum atomic E-state index is 11.0. The number of hydrogen-bond acceptors (Lipinski definition) is 4. The Morgan fingerprint density at radius 1 is 1.00 bits per heavy atom. The average molecular weight is 420 g/mol. The lowest BCUT2D eigenvalue weighted by atomic mass is 9.99.